The van der Waals surface area contributed by atoms with Crippen LogP contribution in [0.15, 0.2) is 42.5 Å². The number of nitrogens with zero attached hydrogens (tertiary/aromatic N) is 1. The number of carboxylic acids is 2. The van der Waals surface area contributed by atoms with Gasteiger partial charge in [-0.1, -0.05) is 0 Å². The molecule has 7 nitrogen and oxygen atoms in total. The van der Waals surface area contributed by atoms with Crippen molar-refractivity contribution in [1.29, 1.82) is 5.26 Å². The fraction of sp³-hybridized carbons (Fsp3) is 0. The van der Waals surface area contributed by atoms with Gasteiger partial charge in [-0.25, -0.2) is 9.59 Å². The highest BCUT2D eigenvalue weighted by Gasteiger charge is 2.17. The van der Waals surface area contributed by atoms with Gasteiger partial charge < -0.3 is 15.5 Å². The van der Waals surface area contributed by atoms with Crippen LogP contribution < -0.4 is 5.32 Å². The molecule has 0 spiro atoms. The van der Waals surface area contributed by atoms with Crippen LogP contribution in [0.5, 0.6) is 0 Å². The zero-order chi connectivity index (χ0) is 17.0. The second-order valence-corrected chi connectivity index (χ2v) is 4.51. The molecule has 0 bridgehead atoms. The van der Waals surface area contributed by atoms with Crippen LogP contribution in [0, 0.1) is 11.3 Å². The number of anilines is 1. The van der Waals surface area contributed by atoms with Crippen LogP contribution in [-0.2, 0) is 0 Å². The molecule has 2 aromatic carbocycles. The van der Waals surface area contributed by atoms with Gasteiger partial charge in [-0.05, 0) is 42.5 Å². The summed E-state index contributed by atoms with van der Waals surface area (Å²) in [5.41, 5.74) is 0.0504. The van der Waals surface area contributed by atoms with Crippen LogP contribution in [-0.4, -0.2) is 28.1 Å². The number of hydrogen-bond acceptors (Lipinski definition) is 4. The summed E-state index contributed by atoms with van der Waals surface area (Å²) < 4.78 is 0. The molecule has 0 aliphatic carbocycles. The van der Waals surface area contributed by atoms with E-state index < -0.39 is 23.4 Å². The summed E-state index contributed by atoms with van der Waals surface area (Å²) in [6.45, 7) is 0. The number of rotatable bonds is 4. The topological polar surface area (TPSA) is 127 Å². The molecule has 0 heterocycles. The number of nitriles is 1. The molecular formula is C16H10N2O5. The molecule has 2 rings (SSSR count). The summed E-state index contributed by atoms with van der Waals surface area (Å²) in [4.78, 5) is 34.1. The van der Waals surface area contributed by atoms with Crippen LogP contribution in [0.3, 0.4) is 0 Å². The first-order valence-corrected chi connectivity index (χ1v) is 6.34. The predicted octanol–water partition coefficient (Wildman–Crippen LogP) is 2.21. The maximum atomic E-state index is 12.1. The molecule has 3 N–H and O–H groups in total. The predicted molar refractivity (Wildman–Crippen MR) is 79.5 cm³/mol. The van der Waals surface area contributed by atoms with Crippen molar-refractivity contribution < 1.29 is 24.6 Å². The Morgan fingerprint density at radius 3 is 2.04 bits per heavy atom. The first-order chi connectivity index (χ1) is 10.9. The molecule has 1 amide bonds. The van der Waals surface area contributed by atoms with Crippen molar-refractivity contribution in [2.24, 2.45) is 0 Å². The monoisotopic (exact) mass is 310 g/mol. The third-order valence-corrected chi connectivity index (χ3v) is 3.01. The number of nitrogens with one attached hydrogen (secondary N) is 1. The minimum atomic E-state index is -1.41. The third kappa shape index (κ3) is 3.51. The minimum Gasteiger partial charge on any atom is -0.478 e. The highest BCUT2D eigenvalue weighted by Crippen LogP contribution is 2.17. The fourth-order valence-corrected chi connectivity index (χ4v) is 1.88. The Kier molecular flexibility index (Phi) is 4.38. The lowest BCUT2D eigenvalue weighted by molar-refractivity contribution is 0.0651. The average molecular weight is 310 g/mol. The number of aromatic carboxylic acids is 2. The van der Waals surface area contributed by atoms with Crippen LogP contribution in [0.25, 0.3) is 0 Å². The van der Waals surface area contributed by atoms with E-state index in [1.807, 2.05) is 6.07 Å². The number of benzene rings is 2. The van der Waals surface area contributed by atoms with Crippen molar-refractivity contribution in [2.45, 2.75) is 0 Å². The zero-order valence-corrected chi connectivity index (χ0v) is 11.6. The van der Waals surface area contributed by atoms with Gasteiger partial charge >= 0.3 is 11.9 Å². The van der Waals surface area contributed by atoms with Gasteiger partial charge in [0, 0.05) is 11.3 Å². The lowest BCUT2D eigenvalue weighted by atomic mass is 10.1. The quantitative estimate of drug-likeness (QED) is 0.794. The molecule has 7 heteroatoms. The molecule has 0 fully saturated rings. The summed E-state index contributed by atoms with van der Waals surface area (Å²) in [6, 6.07) is 11.3. The summed E-state index contributed by atoms with van der Waals surface area (Å²) in [6.07, 6.45) is 0. The van der Waals surface area contributed by atoms with Crippen molar-refractivity contribution in [2.75, 3.05) is 5.32 Å². The molecule has 0 radical (unpaired) electrons. The minimum absolute atomic E-state index is 0.154. The van der Waals surface area contributed by atoms with E-state index in [-0.39, 0.29) is 16.8 Å². The summed E-state index contributed by atoms with van der Waals surface area (Å²) in [7, 11) is 0. The Bertz CT molecular complexity index is 835. The SMILES string of the molecule is N#Cc1ccc(C(=O)Nc2ccc(C(=O)O)c(C(=O)O)c2)cc1. The van der Waals surface area contributed by atoms with Gasteiger partial charge in [0.25, 0.3) is 5.91 Å². The van der Waals surface area contributed by atoms with Crippen LogP contribution in [0.2, 0.25) is 0 Å². The smallest absolute Gasteiger partial charge is 0.336 e. The number of hydrogen-bond donors (Lipinski definition) is 3. The van der Waals surface area contributed by atoms with Crippen LogP contribution in [0.4, 0.5) is 5.69 Å². The molecule has 2 aromatic rings. The zero-order valence-electron chi connectivity index (χ0n) is 11.6. The van der Waals surface area contributed by atoms with Gasteiger partial charge in [-0.15, -0.1) is 0 Å². The fourth-order valence-electron chi connectivity index (χ4n) is 1.88. The normalized spacial score (nSPS) is 9.70. The van der Waals surface area contributed by atoms with Crippen LogP contribution >= 0.6 is 0 Å². The van der Waals surface area contributed by atoms with E-state index in [9.17, 15) is 14.4 Å². The van der Waals surface area contributed by atoms with Gasteiger partial charge in [0.1, 0.15) is 0 Å². The van der Waals surface area contributed by atoms with E-state index in [0.29, 0.717) is 5.56 Å². The molecule has 0 aliphatic heterocycles. The van der Waals surface area contributed by atoms with Gasteiger partial charge in [0.05, 0.1) is 22.8 Å². The van der Waals surface area contributed by atoms with Gasteiger partial charge in [0.15, 0.2) is 0 Å². The van der Waals surface area contributed by atoms with Crippen molar-refractivity contribution >= 4 is 23.5 Å². The molecule has 0 saturated carbocycles. The highest BCUT2D eigenvalue weighted by atomic mass is 16.4. The van der Waals surface area contributed by atoms with Crippen molar-refractivity contribution in [3.05, 3.63) is 64.7 Å². The molecular weight excluding hydrogens is 300 g/mol. The van der Waals surface area contributed by atoms with Gasteiger partial charge in [0.2, 0.25) is 0 Å². The highest BCUT2D eigenvalue weighted by molar-refractivity contribution is 6.06. The Morgan fingerprint density at radius 2 is 1.52 bits per heavy atom. The molecule has 0 aromatic heterocycles. The molecule has 114 valence electrons. The Labute approximate surface area is 130 Å². The Morgan fingerprint density at radius 1 is 0.913 bits per heavy atom. The standard InChI is InChI=1S/C16H10N2O5/c17-8-9-1-3-10(4-2-9)14(19)18-11-5-6-12(15(20)21)13(7-11)16(22)23/h1-7H,(H,18,19)(H,20,21)(H,22,23). The Balaban J connectivity index is 2.27. The second kappa shape index (κ2) is 6.41. The maximum Gasteiger partial charge on any atom is 0.336 e. The van der Waals surface area contributed by atoms with E-state index in [4.69, 9.17) is 15.5 Å². The lowest BCUT2D eigenvalue weighted by Crippen LogP contribution is -2.14. The van der Waals surface area contributed by atoms with E-state index in [2.05, 4.69) is 5.32 Å². The maximum absolute atomic E-state index is 12.1. The molecule has 0 aliphatic rings. The van der Waals surface area contributed by atoms with Crippen LogP contribution in [0.1, 0.15) is 36.6 Å². The van der Waals surface area contributed by atoms with E-state index in [1.54, 1.807) is 0 Å². The number of carboxylic acid groups (broad SMARTS) is 2. The molecule has 0 unspecified atom stereocenters. The summed E-state index contributed by atoms with van der Waals surface area (Å²) in [5.74, 6) is -3.28. The van der Waals surface area contributed by atoms with Gasteiger partial charge in [-0.3, -0.25) is 4.79 Å². The number of carbonyl (C=O) groups is 3. The lowest BCUT2D eigenvalue weighted by Gasteiger charge is -2.08. The number of amides is 1. The largest absolute Gasteiger partial charge is 0.478 e. The van der Waals surface area contributed by atoms with Gasteiger partial charge in [-0.2, -0.15) is 5.26 Å². The summed E-state index contributed by atoms with van der Waals surface area (Å²) >= 11 is 0. The van der Waals surface area contributed by atoms with E-state index in [0.717, 1.165) is 12.1 Å². The first kappa shape index (κ1) is 15.7. The molecule has 0 atom stereocenters. The average Bonchev–Trinajstić information content (AvgIpc) is 2.54. The number of carbonyl (C=O) groups excluding carboxylic acids is 1. The molecule has 0 saturated heterocycles. The van der Waals surface area contributed by atoms with E-state index in [1.165, 1.54) is 30.3 Å². The van der Waals surface area contributed by atoms with Crippen molar-refractivity contribution in [3.8, 4) is 6.07 Å². The third-order valence-electron chi connectivity index (χ3n) is 3.01. The van der Waals surface area contributed by atoms with Crippen molar-refractivity contribution in [3.63, 3.8) is 0 Å². The first-order valence-electron chi connectivity index (χ1n) is 6.34. The summed E-state index contributed by atoms with van der Waals surface area (Å²) in [5, 5.41) is 29.2. The van der Waals surface area contributed by atoms with E-state index >= 15 is 0 Å². The Hall–Kier alpha value is -3.66. The second-order valence-electron chi connectivity index (χ2n) is 4.51. The molecule has 23 heavy (non-hydrogen) atoms. The van der Waals surface area contributed by atoms with Crippen molar-refractivity contribution in [1.82, 2.24) is 0 Å².